The van der Waals surface area contributed by atoms with Crippen molar-refractivity contribution in [2.45, 2.75) is 39.5 Å². The molecule has 1 aliphatic rings. The summed E-state index contributed by atoms with van der Waals surface area (Å²) in [5, 5.41) is 0. The van der Waals surface area contributed by atoms with Gasteiger partial charge in [0.15, 0.2) is 0 Å². The van der Waals surface area contributed by atoms with Gasteiger partial charge in [-0.05, 0) is 12.1 Å². The molecule has 1 heterocycles. The van der Waals surface area contributed by atoms with Crippen molar-refractivity contribution < 1.29 is 9.59 Å². The van der Waals surface area contributed by atoms with Crippen LogP contribution in [0.4, 0.5) is 5.69 Å². The summed E-state index contributed by atoms with van der Waals surface area (Å²) in [6, 6.07) is 8.86. The maximum Gasteiger partial charge on any atom is 0.258 e. The molecule has 0 fully saturated rings. The number of carbonyl (C=O) groups is 2. The monoisotopic (exact) mass is 259 g/mol. The van der Waals surface area contributed by atoms with E-state index in [2.05, 4.69) is 13.8 Å². The molecule has 1 aromatic carbocycles. The third-order valence-corrected chi connectivity index (χ3v) is 2.78. The first-order valence-corrected chi connectivity index (χ1v) is 6.81. The van der Waals surface area contributed by atoms with E-state index in [1.54, 1.807) is 24.3 Å². The van der Waals surface area contributed by atoms with Crippen molar-refractivity contribution in [2.24, 2.45) is 0 Å². The highest BCUT2D eigenvalue weighted by Crippen LogP contribution is 2.17. The molecule has 2 rings (SSSR count). The van der Waals surface area contributed by atoms with Crippen LogP contribution in [0.3, 0.4) is 0 Å². The number of anilines is 1. The van der Waals surface area contributed by atoms with Gasteiger partial charge in [-0.15, -0.1) is 0 Å². The lowest BCUT2D eigenvalue weighted by atomic mass is 10.2. The SMILES string of the molecule is CCCCCC.O=C1C=CC(=O)N1c1ccccc1. The van der Waals surface area contributed by atoms with Gasteiger partial charge in [-0.25, -0.2) is 4.90 Å². The van der Waals surface area contributed by atoms with Gasteiger partial charge in [0.1, 0.15) is 0 Å². The third kappa shape index (κ3) is 4.70. The van der Waals surface area contributed by atoms with Gasteiger partial charge in [0.05, 0.1) is 5.69 Å². The van der Waals surface area contributed by atoms with E-state index >= 15 is 0 Å². The number of unbranched alkanes of at least 4 members (excludes halogenated alkanes) is 3. The molecular formula is C16H21NO2. The Balaban J connectivity index is 0.000000258. The van der Waals surface area contributed by atoms with Gasteiger partial charge in [0.25, 0.3) is 11.8 Å². The number of hydrogen-bond donors (Lipinski definition) is 0. The van der Waals surface area contributed by atoms with E-state index < -0.39 is 0 Å². The van der Waals surface area contributed by atoms with Gasteiger partial charge in [0.2, 0.25) is 0 Å². The second-order valence-electron chi connectivity index (χ2n) is 4.39. The minimum absolute atomic E-state index is 0.281. The Morgan fingerprint density at radius 3 is 1.74 bits per heavy atom. The Bertz CT molecular complexity index is 415. The van der Waals surface area contributed by atoms with E-state index in [9.17, 15) is 9.59 Å². The molecule has 102 valence electrons. The average Bonchev–Trinajstić information content (AvgIpc) is 2.77. The predicted molar refractivity (Wildman–Crippen MR) is 77.9 cm³/mol. The number of benzene rings is 1. The number of rotatable bonds is 4. The van der Waals surface area contributed by atoms with Crippen LogP contribution in [0.5, 0.6) is 0 Å². The highest BCUT2D eigenvalue weighted by Gasteiger charge is 2.24. The summed E-state index contributed by atoms with van der Waals surface area (Å²) in [5.41, 5.74) is 0.613. The molecule has 0 saturated carbocycles. The molecule has 0 aliphatic carbocycles. The van der Waals surface area contributed by atoms with Crippen LogP contribution in [0.15, 0.2) is 42.5 Å². The maximum atomic E-state index is 11.2. The fourth-order valence-electron chi connectivity index (χ4n) is 1.73. The smallest absolute Gasteiger partial charge is 0.258 e. The molecule has 0 aromatic heterocycles. The molecule has 0 unspecified atom stereocenters. The molecular weight excluding hydrogens is 238 g/mol. The van der Waals surface area contributed by atoms with Crippen LogP contribution in [0.25, 0.3) is 0 Å². The quantitative estimate of drug-likeness (QED) is 0.610. The Morgan fingerprint density at radius 1 is 0.842 bits per heavy atom. The molecule has 0 spiro atoms. The molecule has 0 saturated heterocycles. The highest BCUT2D eigenvalue weighted by molar-refractivity contribution is 6.28. The largest absolute Gasteiger partial charge is 0.269 e. The summed E-state index contributed by atoms with van der Waals surface area (Å²) in [4.78, 5) is 23.5. The van der Waals surface area contributed by atoms with Crippen molar-refractivity contribution in [3.05, 3.63) is 42.5 Å². The summed E-state index contributed by atoms with van der Waals surface area (Å²) in [6.07, 6.45) is 8.08. The molecule has 0 atom stereocenters. The summed E-state index contributed by atoms with van der Waals surface area (Å²) in [7, 11) is 0. The van der Waals surface area contributed by atoms with E-state index in [4.69, 9.17) is 0 Å². The van der Waals surface area contributed by atoms with Crippen LogP contribution in [0.2, 0.25) is 0 Å². The number of hydrogen-bond acceptors (Lipinski definition) is 2. The molecule has 3 nitrogen and oxygen atoms in total. The van der Waals surface area contributed by atoms with Crippen molar-refractivity contribution in [2.75, 3.05) is 4.90 Å². The van der Waals surface area contributed by atoms with Crippen LogP contribution >= 0.6 is 0 Å². The van der Waals surface area contributed by atoms with Crippen molar-refractivity contribution in [1.82, 2.24) is 0 Å². The molecule has 0 N–H and O–H groups in total. The van der Waals surface area contributed by atoms with E-state index in [1.165, 1.54) is 37.8 Å². The Hall–Kier alpha value is -1.90. The van der Waals surface area contributed by atoms with Crippen LogP contribution in [-0.2, 0) is 9.59 Å². The first-order valence-electron chi connectivity index (χ1n) is 6.81. The van der Waals surface area contributed by atoms with Crippen molar-refractivity contribution >= 4 is 17.5 Å². The molecule has 1 aliphatic heterocycles. The number of carbonyl (C=O) groups excluding carboxylic acids is 2. The van der Waals surface area contributed by atoms with E-state index in [0.29, 0.717) is 5.69 Å². The van der Waals surface area contributed by atoms with Crippen molar-refractivity contribution in [3.8, 4) is 0 Å². The first kappa shape index (κ1) is 15.2. The fourth-order valence-corrected chi connectivity index (χ4v) is 1.73. The summed E-state index contributed by atoms with van der Waals surface area (Å²) >= 11 is 0. The summed E-state index contributed by atoms with van der Waals surface area (Å²) in [5.74, 6) is -0.563. The first-order chi connectivity index (χ1) is 9.20. The van der Waals surface area contributed by atoms with E-state index in [1.807, 2.05) is 6.07 Å². The van der Waals surface area contributed by atoms with E-state index in [-0.39, 0.29) is 11.8 Å². The number of nitrogens with zero attached hydrogens (tertiary/aromatic N) is 1. The average molecular weight is 259 g/mol. The maximum absolute atomic E-state index is 11.2. The Labute approximate surface area is 114 Å². The third-order valence-electron chi connectivity index (χ3n) is 2.78. The molecule has 2 amide bonds. The highest BCUT2D eigenvalue weighted by atomic mass is 16.2. The lowest BCUT2D eigenvalue weighted by Gasteiger charge is -2.12. The summed E-state index contributed by atoms with van der Waals surface area (Å²) < 4.78 is 0. The topological polar surface area (TPSA) is 37.4 Å². The normalized spacial score (nSPS) is 13.5. The van der Waals surface area contributed by atoms with Crippen LogP contribution in [-0.4, -0.2) is 11.8 Å². The van der Waals surface area contributed by atoms with Crippen LogP contribution in [0, 0.1) is 0 Å². The molecule has 0 radical (unpaired) electrons. The zero-order valence-electron chi connectivity index (χ0n) is 11.6. The van der Waals surface area contributed by atoms with E-state index in [0.717, 1.165) is 4.90 Å². The second-order valence-corrected chi connectivity index (χ2v) is 4.39. The van der Waals surface area contributed by atoms with Crippen LogP contribution in [0.1, 0.15) is 39.5 Å². The zero-order valence-corrected chi connectivity index (χ0v) is 11.6. The minimum Gasteiger partial charge on any atom is -0.269 e. The van der Waals surface area contributed by atoms with Gasteiger partial charge in [0, 0.05) is 12.2 Å². The van der Waals surface area contributed by atoms with Gasteiger partial charge >= 0.3 is 0 Å². The number of amides is 2. The minimum atomic E-state index is -0.281. The Kier molecular flexibility index (Phi) is 6.58. The molecule has 0 bridgehead atoms. The second kappa shape index (κ2) is 8.25. The fraction of sp³-hybridized carbons (Fsp3) is 0.375. The summed E-state index contributed by atoms with van der Waals surface area (Å²) in [6.45, 7) is 4.46. The van der Waals surface area contributed by atoms with Crippen LogP contribution < -0.4 is 4.90 Å². The van der Waals surface area contributed by atoms with Gasteiger partial charge < -0.3 is 0 Å². The molecule has 1 aromatic rings. The number of imide groups is 1. The zero-order chi connectivity index (χ0) is 14.1. The lowest BCUT2D eigenvalue weighted by molar-refractivity contribution is -0.119. The molecule has 19 heavy (non-hydrogen) atoms. The standard InChI is InChI=1S/C10H7NO2.C6H14/c12-9-6-7-10(13)11(9)8-4-2-1-3-5-8;1-3-5-6-4-2/h1-7H;3-6H2,1-2H3. The number of para-hydroxylation sites is 1. The van der Waals surface area contributed by atoms with Gasteiger partial charge in [-0.2, -0.15) is 0 Å². The molecule has 3 heteroatoms. The van der Waals surface area contributed by atoms with Gasteiger partial charge in [-0.1, -0.05) is 57.7 Å². The lowest BCUT2D eigenvalue weighted by Crippen LogP contribution is -2.29. The Morgan fingerprint density at radius 2 is 1.32 bits per heavy atom. The van der Waals surface area contributed by atoms with Crippen molar-refractivity contribution in [1.29, 1.82) is 0 Å². The van der Waals surface area contributed by atoms with Gasteiger partial charge in [-0.3, -0.25) is 9.59 Å². The van der Waals surface area contributed by atoms with Crippen molar-refractivity contribution in [3.63, 3.8) is 0 Å². The predicted octanol–water partition coefficient (Wildman–Crippen LogP) is 3.70.